The second kappa shape index (κ2) is 33.4. The lowest BCUT2D eigenvalue weighted by molar-refractivity contribution is -0.434. The molecule has 40 heteroatoms. The number of sulfone groups is 1. The summed E-state index contributed by atoms with van der Waals surface area (Å²) in [6.45, 7) is -2.14. The maximum Gasteiger partial charge on any atom is 0.397 e. The van der Waals surface area contributed by atoms with Crippen LogP contribution in [-0.2, 0) is 66.7 Å². The molecule has 6 rings (SSSR count). The number of anilines is 10. The van der Waals surface area contributed by atoms with Crippen LogP contribution in [0.4, 0.5) is 58.4 Å². The number of aliphatic hydroxyl groups excluding tert-OH is 4. The highest BCUT2D eigenvalue weighted by molar-refractivity contribution is 7.95. The summed E-state index contributed by atoms with van der Waals surface area (Å²) in [5.74, 6) is -1.08. The molecule has 0 saturated carbocycles. The molecule has 6 aromatic rings. The molecule has 0 aliphatic heterocycles. The van der Waals surface area contributed by atoms with E-state index in [1.807, 2.05) is 0 Å². The molecular formula is C44H52N12O22S6. The average molecular weight is 1290 g/mol. The second-order valence-electron chi connectivity index (χ2n) is 16.1. The molecule has 4 aromatic carbocycles. The lowest BCUT2D eigenvalue weighted by atomic mass is 10.1. The van der Waals surface area contributed by atoms with Gasteiger partial charge in [0.05, 0.1) is 74.4 Å². The van der Waals surface area contributed by atoms with Crippen LogP contribution in [0.3, 0.4) is 0 Å². The van der Waals surface area contributed by atoms with Crippen molar-refractivity contribution in [2.24, 2.45) is 0 Å². The predicted molar refractivity (Wildman–Crippen MR) is 302 cm³/mol. The van der Waals surface area contributed by atoms with Crippen molar-refractivity contribution in [3.8, 4) is 0 Å². The quantitative estimate of drug-likeness (QED) is 0.00650. The number of nitrogens with zero attached hydrogens (tertiary/aromatic N) is 8. The van der Waals surface area contributed by atoms with E-state index >= 15 is 0 Å². The van der Waals surface area contributed by atoms with Crippen molar-refractivity contribution in [3.63, 3.8) is 0 Å². The zero-order chi connectivity index (χ0) is 60.5. The van der Waals surface area contributed by atoms with Crippen molar-refractivity contribution < 1.29 is 102 Å². The van der Waals surface area contributed by atoms with Gasteiger partial charge in [-0.3, -0.25) is 13.3 Å². The van der Waals surface area contributed by atoms with Crippen molar-refractivity contribution in [1.29, 1.82) is 0 Å². The first-order valence-corrected chi connectivity index (χ1v) is 30.3. The zero-order valence-electron chi connectivity index (χ0n) is 43.0. The number of hydrogen-bond acceptors (Lipinski definition) is 35. The predicted octanol–water partition coefficient (Wildman–Crippen LogP) is 4.01. The maximum absolute atomic E-state index is 12.9. The Kier molecular flexibility index (Phi) is 26.6. The Morgan fingerprint density at radius 3 is 1.50 bits per heavy atom. The summed E-state index contributed by atoms with van der Waals surface area (Å²) in [6, 6.07) is 20.5. The van der Waals surface area contributed by atoms with Gasteiger partial charge in [0.25, 0.3) is 10.1 Å². The highest BCUT2D eigenvalue weighted by atomic mass is 32.3. The van der Waals surface area contributed by atoms with Crippen LogP contribution in [0, 0.1) is 0 Å². The highest BCUT2D eigenvalue weighted by Gasteiger charge is 2.21. The topological polar surface area (TPSA) is 470 Å². The normalized spacial score (nSPS) is 12.0. The van der Waals surface area contributed by atoms with E-state index in [4.69, 9.17) is 32.8 Å². The van der Waals surface area contributed by atoms with E-state index in [2.05, 4.69) is 69.8 Å². The van der Waals surface area contributed by atoms with Gasteiger partial charge in [0, 0.05) is 58.7 Å². The number of aromatic nitrogens is 6. The smallest absolute Gasteiger partial charge is 0.395 e. The number of rotatable bonds is 38. The summed E-state index contributed by atoms with van der Waals surface area (Å²) in [5.41, 5.74) is 1.50. The SMILES string of the molecule is O=S(=O)(O)OCCS(=O)(=O)c1ccc(Nc2nc(Nc3ccc(C=Cc4ccc(Nc5nc(Nc6ccc(SOOCCOSOOO)cc6)nc(N(CCO)CCO)n5)cc4S(=O)(=O)O)c(SOOO)c3)nc(N(CCO)CCO)n2)cc1. The largest absolute Gasteiger partial charge is 0.397 e. The second-order valence-corrected chi connectivity index (χ2v) is 22.7. The Hall–Kier alpha value is -6.30. The van der Waals surface area contributed by atoms with Crippen LogP contribution in [0.25, 0.3) is 12.2 Å². The van der Waals surface area contributed by atoms with Crippen molar-refractivity contribution in [2.45, 2.75) is 19.6 Å². The van der Waals surface area contributed by atoms with Gasteiger partial charge in [-0.1, -0.05) is 34.4 Å². The first-order chi connectivity index (χ1) is 40.3. The van der Waals surface area contributed by atoms with Crippen LogP contribution in [0.1, 0.15) is 11.1 Å². The van der Waals surface area contributed by atoms with Gasteiger partial charge in [-0.2, -0.15) is 51.1 Å². The van der Waals surface area contributed by atoms with Crippen molar-refractivity contribution in [3.05, 3.63) is 96.1 Å². The molecule has 0 unspecified atom stereocenters. The van der Waals surface area contributed by atoms with Crippen LogP contribution >= 0.6 is 36.4 Å². The van der Waals surface area contributed by atoms with Gasteiger partial charge >= 0.3 is 10.4 Å². The molecule has 0 aliphatic rings. The summed E-state index contributed by atoms with van der Waals surface area (Å²) in [7, 11) is -13.9. The average Bonchev–Trinajstić information content (AvgIpc) is 3.57. The number of benzene rings is 4. The first kappa shape index (κ1) is 66.8. The number of hydrogen-bond donors (Lipinski definition) is 12. The Balaban J connectivity index is 1.23. The monoisotopic (exact) mass is 1290 g/mol. The Morgan fingerprint density at radius 2 is 1.00 bits per heavy atom. The standard InChI is InChI=1S/C44H52N12O22S6/c57-19-15-55(16-20-58)43-52-40(46-32-9-13-36(14-10-32)82(63,64)26-25-73-84(68,69)70)49-41(53-43)47-33-5-3-29(37(27-33)80-77-74-61)1-2-30-4-6-34(28-38(30)83(65,66)67)48-42-50-39(51-44(54-42)56(17-21-59)18-22-60)45-31-7-11-35(12-8-31)79-76-71-23-24-72-81-78-75-62/h1-14,27-28,57-62H,15-26H2,(H,65,66,67)(H,68,69,70)(H2,45,48,50,51,54)(H2,46,47,49,52,53). The fourth-order valence-electron chi connectivity index (χ4n) is 6.82. The van der Waals surface area contributed by atoms with Gasteiger partial charge in [0.15, 0.2) is 22.2 Å². The van der Waals surface area contributed by atoms with Gasteiger partial charge in [-0.05, 0) is 83.9 Å². The third-order valence-corrected chi connectivity index (χ3v) is 15.1. The molecule has 34 nitrogen and oxygen atoms in total. The van der Waals surface area contributed by atoms with Gasteiger partial charge in [0.1, 0.15) is 11.5 Å². The Bertz CT molecular complexity index is 3430. The molecule has 2 aromatic heterocycles. The minimum atomic E-state index is -4.94. The summed E-state index contributed by atoms with van der Waals surface area (Å²) >= 11 is 1.82. The first-order valence-electron chi connectivity index (χ1n) is 23.7. The van der Waals surface area contributed by atoms with E-state index in [1.165, 1.54) is 64.4 Å². The van der Waals surface area contributed by atoms with E-state index in [-0.39, 0.29) is 128 Å². The molecule has 0 radical (unpaired) electrons. The van der Waals surface area contributed by atoms with E-state index in [9.17, 15) is 50.2 Å². The Morgan fingerprint density at radius 1 is 0.524 bits per heavy atom. The summed E-state index contributed by atoms with van der Waals surface area (Å²) in [5, 5.41) is 75.4. The fourth-order valence-corrected chi connectivity index (χ4v) is 10.2. The summed E-state index contributed by atoms with van der Waals surface area (Å²) in [4.78, 5) is 34.7. The van der Waals surface area contributed by atoms with Crippen LogP contribution in [0.15, 0.2) is 105 Å². The van der Waals surface area contributed by atoms with Crippen LogP contribution in [0.2, 0.25) is 0 Å². The van der Waals surface area contributed by atoms with Crippen LogP contribution < -0.4 is 31.1 Å². The number of nitrogens with one attached hydrogen (secondary N) is 4. The molecule has 0 bridgehead atoms. The molecule has 2 heterocycles. The molecule has 84 heavy (non-hydrogen) atoms. The molecule has 0 spiro atoms. The Labute approximate surface area is 491 Å². The maximum atomic E-state index is 12.9. The molecule has 456 valence electrons. The molecule has 0 atom stereocenters. The molecule has 0 amide bonds. The fraction of sp³-hybridized carbons (Fsp3) is 0.273. The lowest BCUT2D eigenvalue weighted by Gasteiger charge is -2.21. The molecule has 12 N–H and O–H groups in total. The van der Waals surface area contributed by atoms with Gasteiger partial charge < -0.3 is 51.5 Å². The van der Waals surface area contributed by atoms with E-state index in [1.54, 1.807) is 36.4 Å². The third-order valence-electron chi connectivity index (χ3n) is 10.4. The minimum Gasteiger partial charge on any atom is -0.395 e. The minimum absolute atomic E-state index is 0.00236. The molecule has 0 saturated heterocycles. The van der Waals surface area contributed by atoms with Crippen molar-refractivity contribution in [1.82, 2.24) is 29.9 Å². The van der Waals surface area contributed by atoms with E-state index in [0.29, 0.717) is 46.2 Å². The van der Waals surface area contributed by atoms with Crippen molar-refractivity contribution >= 4 is 137 Å². The highest BCUT2D eigenvalue weighted by Crippen LogP contribution is 2.33. The molecule has 0 aliphatic carbocycles. The van der Waals surface area contributed by atoms with Gasteiger partial charge in [-0.15, -0.1) is 8.67 Å². The van der Waals surface area contributed by atoms with Crippen LogP contribution in [-0.4, -0.2) is 173 Å². The third kappa shape index (κ3) is 22.0. The summed E-state index contributed by atoms with van der Waals surface area (Å²) in [6.07, 6.45) is 2.83. The zero-order valence-corrected chi connectivity index (χ0v) is 47.9. The van der Waals surface area contributed by atoms with E-state index in [0.717, 1.165) is 18.1 Å². The van der Waals surface area contributed by atoms with E-state index < -0.39 is 47.6 Å². The molecule has 0 fully saturated rings. The summed E-state index contributed by atoms with van der Waals surface area (Å²) < 4.78 is 115. The van der Waals surface area contributed by atoms with Crippen LogP contribution in [0.5, 0.6) is 0 Å². The lowest BCUT2D eigenvalue weighted by Crippen LogP contribution is -2.31. The number of aliphatic hydroxyl groups is 4. The molecular weight excluding hydrogens is 1240 g/mol. The van der Waals surface area contributed by atoms with Gasteiger partial charge in [0.2, 0.25) is 35.7 Å². The van der Waals surface area contributed by atoms with Crippen molar-refractivity contribution in [2.75, 3.05) is 109 Å². The van der Waals surface area contributed by atoms with Gasteiger partial charge in [-0.25, -0.2) is 28.0 Å².